The van der Waals surface area contributed by atoms with Crippen LogP contribution in [0.4, 0.5) is 21.5 Å². The lowest BCUT2D eigenvalue weighted by Gasteiger charge is -2.08. The first-order valence-electron chi connectivity index (χ1n) is 6.59. The first-order chi connectivity index (χ1) is 9.17. The van der Waals surface area contributed by atoms with Gasteiger partial charge in [-0.25, -0.2) is 4.39 Å². The van der Waals surface area contributed by atoms with Crippen molar-refractivity contribution in [2.24, 2.45) is 0 Å². The van der Waals surface area contributed by atoms with Crippen molar-refractivity contribution in [3.63, 3.8) is 0 Å². The van der Waals surface area contributed by atoms with Crippen LogP contribution >= 0.6 is 0 Å². The van der Waals surface area contributed by atoms with E-state index in [1.165, 1.54) is 30.5 Å². The van der Waals surface area contributed by atoms with E-state index in [1.807, 2.05) is 12.1 Å². The number of nitrogens with two attached hydrogens (primary N) is 1. The van der Waals surface area contributed by atoms with Crippen molar-refractivity contribution in [3.05, 3.63) is 53.8 Å². The summed E-state index contributed by atoms with van der Waals surface area (Å²) < 4.78 is 13.2. The van der Waals surface area contributed by atoms with Crippen LogP contribution in [0, 0.1) is 5.82 Å². The van der Waals surface area contributed by atoms with Gasteiger partial charge in [0.1, 0.15) is 5.82 Å². The molecule has 0 spiro atoms. The molecule has 0 saturated heterocycles. The van der Waals surface area contributed by atoms with Crippen molar-refractivity contribution in [1.82, 2.24) is 0 Å². The summed E-state index contributed by atoms with van der Waals surface area (Å²) in [6.45, 7) is 2.18. The summed E-state index contributed by atoms with van der Waals surface area (Å²) in [5.74, 6) is -0.331. The van der Waals surface area contributed by atoms with Gasteiger partial charge in [0.2, 0.25) is 0 Å². The first-order valence-corrected chi connectivity index (χ1v) is 6.59. The van der Waals surface area contributed by atoms with E-state index >= 15 is 0 Å². The zero-order valence-electron chi connectivity index (χ0n) is 11.1. The zero-order valence-corrected chi connectivity index (χ0v) is 11.1. The number of halogens is 1. The first kappa shape index (κ1) is 13.4. The number of hydrogen-bond donors (Lipinski definition) is 2. The van der Waals surface area contributed by atoms with E-state index in [0.29, 0.717) is 11.4 Å². The van der Waals surface area contributed by atoms with Crippen LogP contribution in [-0.2, 0) is 6.42 Å². The highest BCUT2D eigenvalue weighted by molar-refractivity contribution is 5.63. The average molecular weight is 258 g/mol. The van der Waals surface area contributed by atoms with Crippen LogP contribution < -0.4 is 11.1 Å². The number of anilines is 3. The minimum atomic E-state index is -0.331. The third-order valence-electron chi connectivity index (χ3n) is 2.98. The van der Waals surface area contributed by atoms with E-state index in [0.717, 1.165) is 12.1 Å². The largest absolute Gasteiger partial charge is 0.399 e. The highest BCUT2D eigenvalue weighted by Crippen LogP contribution is 2.21. The molecule has 0 heterocycles. The standard InChI is InChI=1S/C16H19FN2/c1-2-3-4-12-5-7-15(8-6-12)19-16-10-13(17)9-14(18)11-16/h5-11,19H,2-4,18H2,1H3. The quantitative estimate of drug-likeness (QED) is 0.775. The molecule has 0 aliphatic carbocycles. The van der Waals surface area contributed by atoms with E-state index in [2.05, 4.69) is 24.4 Å². The molecule has 0 aliphatic rings. The summed E-state index contributed by atoms with van der Waals surface area (Å²) in [4.78, 5) is 0. The van der Waals surface area contributed by atoms with Gasteiger partial charge < -0.3 is 11.1 Å². The summed E-state index contributed by atoms with van der Waals surface area (Å²) >= 11 is 0. The van der Waals surface area contributed by atoms with E-state index in [-0.39, 0.29) is 5.82 Å². The van der Waals surface area contributed by atoms with Crippen LogP contribution in [0.5, 0.6) is 0 Å². The van der Waals surface area contributed by atoms with Gasteiger partial charge in [0.15, 0.2) is 0 Å². The van der Waals surface area contributed by atoms with Crippen molar-refractivity contribution in [3.8, 4) is 0 Å². The molecule has 2 aromatic rings. The van der Waals surface area contributed by atoms with Gasteiger partial charge >= 0.3 is 0 Å². The van der Waals surface area contributed by atoms with Gasteiger partial charge in [-0.15, -0.1) is 0 Å². The molecule has 2 aromatic carbocycles. The Morgan fingerprint density at radius 3 is 2.42 bits per heavy atom. The number of nitrogen functional groups attached to an aromatic ring is 1. The van der Waals surface area contributed by atoms with Gasteiger partial charge in [-0.2, -0.15) is 0 Å². The lowest BCUT2D eigenvalue weighted by molar-refractivity contribution is 0.629. The fraction of sp³-hybridized carbons (Fsp3) is 0.250. The number of rotatable bonds is 5. The Morgan fingerprint density at radius 2 is 1.79 bits per heavy atom. The predicted octanol–water partition coefficient (Wildman–Crippen LogP) is 4.49. The molecule has 0 bridgehead atoms. The molecule has 19 heavy (non-hydrogen) atoms. The third-order valence-corrected chi connectivity index (χ3v) is 2.98. The lowest BCUT2D eigenvalue weighted by atomic mass is 10.1. The summed E-state index contributed by atoms with van der Waals surface area (Å²) in [5.41, 5.74) is 8.96. The van der Waals surface area contributed by atoms with Crippen molar-refractivity contribution < 1.29 is 4.39 Å². The smallest absolute Gasteiger partial charge is 0.127 e. The third kappa shape index (κ3) is 3.98. The second kappa shape index (κ2) is 6.23. The highest BCUT2D eigenvalue weighted by Gasteiger charge is 2.00. The van der Waals surface area contributed by atoms with Gasteiger partial charge in [0.25, 0.3) is 0 Å². The van der Waals surface area contributed by atoms with Gasteiger partial charge in [-0.3, -0.25) is 0 Å². The van der Waals surface area contributed by atoms with Crippen LogP contribution in [0.25, 0.3) is 0 Å². The number of unbranched alkanes of at least 4 members (excludes halogenated alkanes) is 1. The minimum Gasteiger partial charge on any atom is -0.399 e. The fourth-order valence-electron chi connectivity index (χ4n) is 1.99. The Morgan fingerprint density at radius 1 is 1.05 bits per heavy atom. The average Bonchev–Trinajstić information content (AvgIpc) is 2.37. The van der Waals surface area contributed by atoms with Gasteiger partial charge in [-0.1, -0.05) is 25.5 Å². The van der Waals surface area contributed by atoms with Crippen LogP contribution in [0.15, 0.2) is 42.5 Å². The fourth-order valence-corrected chi connectivity index (χ4v) is 1.99. The number of benzene rings is 2. The normalized spacial score (nSPS) is 10.4. The maximum atomic E-state index is 13.2. The van der Waals surface area contributed by atoms with Crippen molar-refractivity contribution >= 4 is 17.1 Å². The molecule has 100 valence electrons. The van der Waals surface area contributed by atoms with Crippen molar-refractivity contribution in [2.45, 2.75) is 26.2 Å². The molecule has 3 N–H and O–H groups in total. The molecule has 0 amide bonds. The van der Waals surface area contributed by atoms with E-state index in [1.54, 1.807) is 6.07 Å². The molecule has 2 rings (SSSR count). The molecule has 0 fully saturated rings. The molecule has 0 aliphatic heterocycles. The molecule has 0 aromatic heterocycles. The molecular formula is C16H19FN2. The Bertz CT molecular complexity index is 515. The number of hydrogen-bond acceptors (Lipinski definition) is 2. The maximum absolute atomic E-state index is 13.2. The Kier molecular flexibility index (Phi) is 4.39. The molecule has 3 heteroatoms. The summed E-state index contributed by atoms with van der Waals surface area (Å²) in [6, 6.07) is 12.7. The maximum Gasteiger partial charge on any atom is 0.127 e. The summed E-state index contributed by atoms with van der Waals surface area (Å²) in [6.07, 6.45) is 3.50. The number of aryl methyl sites for hydroxylation is 1. The second-order valence-electron chi connectivity index (χ2n) is 4.70. The Labute approximate surface area is 113 Å². The van der Waals surface area contributed by atoms with Crippen LogP contribution in [0.2, 0.25) is 0 Å². The van der Waals surface area contributed by atoms with Gasteiger partial charge in [0.05, 0.1) is 0 Å². The molecule has 0 saturated carbocycles. The summed E-state index contributed by atoms with van der Waals surface area (Å²) in [7, 11) is 0. The van der Waals surface area contributed by atoms with E-state index in [9.17, 15) is 4.39 Å². The molecule has 0 unspecified atom stereocenters. The SMILES string of the molecule is CCCCc1ccc(Nc2cc(N)cc(F)c2)cc1. The topological polar surface area (TPSA) is 38.0 Å². The summed E-state index contributed by atoms with van der Waals surface area (Å²) in [5, 5.41) is 3.15. The van der Waals surface area contributed by atoms with E-state index < -0.39 is 0 Å². The Hall–Kier alpha value is -2.03. The van der Waals surface area contributed by atoms with Gasteiger partial charge in [0, 0.05) is 17.1 Å². The van der Waals surface area contributed by atoms with E-state index in [4.69, 9.17) is 5.73 Å². The second-order valence-corrected chi connectivity index (χ2v) is 4.70. The van der Waals surface area contributed by atoms with Crippen LogP contribution in [0.1, 0.15) is 25.3 Å². The van der Waals surface area contributed by atoms with Crippen LogP contribution in [0.3, 0.4) is 0 Å². The minimum absolute atomic E-state index is 0.331. The monoisotopic (exact) mass is 258 g/mol. The zero-order chi connectivity index (χ0) is 13.7. The number of nitrogens with one attached hydrogen (secondary N) is 1. The van der Waals surface area contributed by atoms with Crippen molar-refractivity contribution in [1.29, 1.82) is 0 Å². The molecule has 2 nitrogen and oxygen atoms in total. The lowest BCUT2D eigenvalue weighted by Crippen LogP contribution is -1.94. The molecular weight excluding hydrogens is 239 g/mol. The predicted molar refractivity (Wildman–Crippen MR) is 79.1 cm³/mol. The van der Waals surface area contributed by atoms with Gasteiger partial charge in [-0.05, 0) is 48.7 Å². The molecule has 0 atom stereocenters. The molecule has 0 radical (unpaired) electrons. The highest BCUT2D eigenvalue weighted by atomic mass is 19.1. The van der Waals surface area contributed by atoms with Crippen LogP contribution in [-0.4, -0.2) is 0 Å². The Balaban J connectivity index is 2.06. The van der Waals surface area contributed by atoms with Crippen molar-refractivity contribution in [2.75, 3.05) is 11.1 Å².